The van der Waals surface area contributed by atoms with Gasteiger partial charge in [-0.2, -0.15) is 0 Å². The van der Waals surface area contributed by atoms with Gasteiger partial charge < -0.3 is 0 Å². The lowest BCUT2D eigenvalue weighted by molar-refractivity contribution is 1.42. The highest BCUT2D eigenvalue weighted by Crippen LogP contribution is 2.37. The molecule has 0 saturated carbocycles. The molecule has 76 valence electrons. The zero-order chi connectivity index (χ0) is 10.8. The second-order valence-corrected chi connectivity index (χ2v) is 6.32. The van der Waals surface area contributed by atoms with E-state index in [0.717, 1.165) is 10.4 Å². The molecular formula is C11H8ClPS2. The smallest absolute Gasteiger partial charge is 0.0488 e. The van der Waals surface area contributed by atoms with Gasteiger partial charge in [-0.25, -0.2) is 0 Å². The lowest BCUT2D eigenvalue weighted by Gasteiger charge is -2.05. The Hall–Kier alpha value is -0.140. The number of thioether (sulfide) groups is 1. The fraction of sp³-hybridized carbons (Fsp3) is 0.0909. The molecule has 15 heavy (non-hydrogen) atoms. The van der Waals surface area contributed by atoms with Crippen molar-refractivity contribution in [2.45, 2.75) is 11.8 Å². The summed E-state index contributed by atoms with van der Waals surface area (Å²) in [6.45, 7) is 2.13. The van der Waals surface area contributed by atoms with Crippen LogP contribution in [0.3, 0.4) is 0 Å². The van der Waals surface area contributed by atoms with Crippen molar-refractivity contribution in [2.24, 2.45) is 0 Å². The molecule has 1 heterocycles. The van der Waals surface area contributed by atoms with Gasteiger partial charge in [-0.15, -0.1) is 0 Å². The Morgan fingerprint density at radius 2 is 2.27 bits per heavy atom. The minimum Gasteiger partial charge on any atom is -0.0856 e. The first-order valence-electron chi connectivity index (χ1n) is 4.38. The minimum absolute atomic E-state index is 0.815. The van der Waals surface area contributed by atoms with Crippen LogP contribution in [0.25, 0.3) is 10.5 Å². The predicted octanol–water partition coefficient (Wildman–Crippen LogP) is 5.43. The third kappa shape index (κ3) is 2.34. The van der Waals surface area contributed by atoms with Gasteiger partial charge in [-0.1, -0.05) is 49.8 Å². The van der Waals surface area contributed by atoms with Crippen LogP contribution in [0, 0.1) is 6.92 Å². The lowest BCUT2D eigenvalue weighted by atomic mass is 10.2. The zero-order valence-corrected chi connectivity index (χ0v) is 11.3. The molecule has 4 heteroatoms. The second-order valence-electron chi connectivity index (χ2n) is 3.09. The number of thiocarbonyl (C=S) groups is 1. The third-order valence-electron chi connectivity index (χ3n) is 2.13. The average molecular weight is 271 g/mol. The number of aryl methyl sites for hydroxylation is 1. The molecule has 0 N–H and O–H groups in total. The third-order valence-corrected chi connectivity index (χ3v) is 4.88. The van der Waals surface area contributed by atoms with Crippen molar-refractivity contribution in [3.63, 3.8) is 0 Å². The van der Waals surface area contributed by atoms with Crippen LogP contribution in [0.4, 0.5) is 0 Å². The van der Waals surface area contributed by atoms with E-state index in [2.05, 4.69) is 19.1 Å². The van der Waals surface area contributed by atoms with E-state index in [1.165, 1.54) is 23.5 Å². The molecule has 0 fully saturated rings. The Morgan fingerprint density at radius 3 is 3.00 bits per heavy atom. The van der Waals surface area contributed by atoms with Crippen molar-refractivity contribution < 1.29 is 0 Å². The Morgan fingerprint density at radius 1 is 1.47 bits per heavy atom. The summed E-state index contributed by atoms with van der Waals surface area (Å²) < 4.78 is 1.69. The molecular weight excluding hydrogens is 263 g/mol. The highest BCUT2D eigenvalue weighted by molar-refractivity contribution is 8.20. The van der Waals surface area contributed by atoms with E-state index in [9.17, 15) is 0 Å². The summed E-state index contributed by atoms with van der Waals surface area (Å²) >= 11 is 12.6. The number of hydrogen-bond donors (Lipinski definition) is 0. The van der Waals surface area contributed by atoms with Crippen molar-refractivity contribution in [3.05, 3.63) is 34.6 Å². The monoisotopic (exact) mass is 270 g/mol. The maximum absolute atomic E-state index is 6.15. The maximum atomic E-state index is 6.15. The molecule has 0 unspecified atom stereocenters. The van der Waals surface area contributed by atoms with Crippen LogP contribution >= 0.6 is 43.8 Å². The first-order valence-corrected chi connectivity index (χ1v) is 7.01. The maximum Gasteiger partial charge on any atom is 0.0488 e. The van der Waals surface area contributed by atoms with Gasteiger partial charge in [0.25, 0.3) is 0 Å². The van der Waals surface area contributed by atoms with Crippen LogP contribution in [0.2, 0.25) is 5.02 Å². The highest BCUT2D eigenvalue weighted by Gasteiger charge is 2.04. The number of fused-ring (bicyclic) bond motifs is 1. The largest absolute Gasteiger partial charge is 0.0856 e. The summed E-state index contributed by atoms with van der Waals surface area (Å²) in [5.41, 5.74) is 0. The normalized spacial score (nSPS) is 11.1. The van der Waals surface area contributed by atoms with Gasteiger partial charge in [-0.3, -0.25) is 0 Å². The van der Waals surface area contributed by atoms with Crippen LogP contribution in [-0.4, -0.2) is 4.70 Å². The van der Waals surface area contributed by atoms with Crippen molar-refractivity contribution in [1.82, 2.24) is 0 Å². The Bertz CT molecular complexity index is 525. The van der Waals surface area contributed by atoms with E-state index in [1.54, 1.807) is 16.5 Å². The molecule has 0 aliphatic rings. The van der Waals surface area contributed by atoms with E-state index in [-0.39, 0.29) is 0 Å². The minimum atomic E-state index is 0.815. The number of benzene rings is 1. The molecule has 0 amide bonds. The molecule has 0 spiro atoms. The van der Waals surface area contributed by atoms with Crippen molar-refractivity contribution in [3.8, 4) is 0 Å². The van der Waals surface area contributed by atoms with Crippen molar-refractivity contribution >= 4 is 59.0 Å². The molecule has 0 atom stereocenters. The molecule has 0 radical (unpaired) electrons. The predicted molar refractivity (Wildman–Crippen MR) is 75.7 cm³/mol. The van der Waals surface area contributed by atoms with Gasteiger partial charge in [0.15, 0.2) is 0 Å². The molecule has 0 bridgehead atoms. The number of hydrogen-bond acceptors (Lipinski definition) is 2. The standard InChI is InChI=1S/C11H8ClPS2/c1-7-11(15-6-14)5-8-9(12)3-2-4-10(8)13-7/h2-6H,1H3. The quantitative estimate of drug-likeness (QED) is 0.527. The first-order chi connectivity index (χ1) is 7.22. The molecule has 2 aromatic rings. The second kappa shape index (κ2) is 4.80. The number of rotatable bonds is 2. The van der Waals surface area contributed by atoms with E-state index in [0.29, 0.717) is 0 Å². The van der Waals surface area contributed by atoms with E-state index in [1.807, 2.05) is 12.1 Å². The number of halogens is 1. The fourth-order valence-corrected chi connectivity index (χ4v) is 3.77. The van der Waals surface area contributed by atoms with Crippen molar-refractivity contribution in [1.29, 1.82) is 0 Å². The van der Waals surface area contributed by atoms with Gasteiger partial charge in [-0.05, 0) is 30.4 Å². The summed E-state index contributed by atoms with van der Waals surface area (Å²) in [5.74, 6) is 0. The van der Waals surface area contributed by atoms with Gasteiger partial charge in [0.05, 0.1) is 0 Å². The SMILES string of the molecule is Cc1pc2cccc(Cl)c2cc1SC=S. The molecule has 0 nitrogen and oxygen atoms in total. The molecule has 0 saturated heterocycles. The van der Waals surface area contributed by atoms with Crippen LogP contribution in [0.15, 0.2) is 29.2 Å². The zero-order valence-electron chi connectivity index (χ0n) is 8.03. The van der Waals surface area contributed by atoms with Gasteiger partial charge in [0.1, 0.15) is 0 Å². The van der Waals surface area contributed by atoms with Crippen molar-refractivity contribution in [2.75, 3.05) is 0 Å². The van der Waals surface area contributed by atoms with E-state index < -0.39 is 0 Å². The topological polar surface area (TPSA) is 0 Å². The van der Waals surface area contributed by atoms with E-state index in [4.69, 9.17) is 23.8 Å². The van der Waals surface area contributed by atoms with Gasteiger partial charge >= 0.3 is 0 Å². The van der Waals surface area contributed by atoms with Crippen LogP contribution in [0.1, 0.15) is 5.30 Å². The van der Waals surface area contributed by atoms with Gasteiger partial charge in [0.2, 0.25) is 0 Å². The first kappa shape index (κ1) is 11.3. The molecule has 0 aliphatic heterocycles. The summed E-state index contributed by atoms with van der Waals surface area (Å²) in [5, 5.41) is 4.55. The van der Waals surface area contributed by atoms with Gasteiger partial charge in [0, 0.05) is 25.1 Å². The average Bonchev–Trinajstić information content (AvgIpc) is 2.21. The Kier molecular flexibility index (Phi) is 3.63. The lowest BCUT2D eigenvalue weighted by Crippen LogP contribution is -1.77. The molecule has 1 aromatic carbocycles. The molecule has 1 aromatic heterocycles. The Balaban J connectivity index is 2.71. The van der Waals surface area contributed by atoms with Crippen LogP contribution in [0.5, 0.6) is 0 Å². The molecule has 0 aliphatic carbocycles. The highest BCUT2D eigenvalue weighted by atomic mass is 35.5. The fourth-order valence-electron chi connectivity index (χ4n) is 1.41. The summed E-state index contributed by atoms with van der Waals surface area (Å²) in [7, 11) is 1.23. The summed E-state index contributed by atoms with van der Waals surface area (Å²) in [6, 6.07) is 8.15. The van der Waals surface area contributed by atoms with Crippen LogP contribution in [-0.2, 0) is 0 Å². The Labute approximate surface area is 105 Å². The van der Waals surface area contributed by atoms with E-state index >= 15 is 0 Å². The van der Waals surface area contributed by atoms with Crippen LogP contribution < -0.4 is 0 Å². The summed E-state index contributed by atoms with van der Waals surface area (Å²) in [6.07, 6.45) is 0. The summed E-state index contributed by atoms with van der Waals surface area (Å²) in [4.78, 5) is 1.22. The molecule has 2 rings (SSSR count).